The van der Waals surface area contributed by atoms with Gasteiger partial charge in [0.1, 0.15) is 5.69 Å². The predicted molar refractivity (Wildman–Crippen MR) is 93.0 cm³/mol. The van der Waals surface area contributed by atoms with Gasteiger partial charge >= 0.3 is 6.18 Å². The fraction of sp³-hybridized carbons (Fsp3) is 0.368. The summed E-state index contributed by atoms with van der Waals surface area (Å²) in [5, 5.41) is 2.70. The third-order valence-electron chi connectivity index (χ3n) is 4.28. The predicted octanol–water partition coefficient (Wildman–Crippen LogP) is 2.73. The quantitative estimate of drug-likeness (QED) is 0.868. The Hall–Kier alpha value is -2.45. The zero-order valence-corrected chi connectivity index (χ0v) is 14.6. The van der Waals surface area contributed by atoms with Gasteiger partial charge in [0, 0.05) is 32.4 Å². The van der Waals surface area contributed by atoms with Crippen molar-refractivity contribution in [2.45, 2.75) is 18.8 Å². The van der Waals surface area contributed by atoms with Gasteiger partial charge in [-0.1, -0.05) is 30.3 Å². The number of benzene rings is 1. The van der Waals surface area contributed by atoms with E-state index in [1.165, 1.54) is 5.56 Å². The second-order valence-corrected chi connectivity index (χ2v) is 6.35. The number of nitrogens with zero attached hydrogens (tertiary/aromatic N) is 2. The molecule has 5 nitrogen and oxygen atoms in total. The summed E-state index contributed by atoms with van der Waals surface area (Å²) in [7, 11) is 0. The second-order valence-electron chi connectivity index (χ2n) is 6.35. The van der Waals surface area contributed by atoms with Crippen LogP contribution in [0.15, 0.2) is 48.7 Å². The molecule has 0 bridgehead atoms. The van der Waals surface area contributed by atoms with Crippen molar-refractivity contribution in [2.75, 3.05) is 26.2 Å². The molecule has 3 rings (SSSR count). The number of morpholine rings is 1. The number of rotatable bonds is 5. The van der Waals surface area contributed by atoms with E-state index in [1.54, 1.807) is 0 Å². The van der Waals surface area contributed by atoms with Gasteiger partial charge in [-0.2, -0.15) is 13.2 Å². The Morgan fingerprint density at radius 2 is 2.00 bits per heavy atom. The van der Waals surface area contributed by atoms with E-state index in [2.05, 4.69) is 27.3 Å². The first-order valence-electron chi connectivity index (χ1n) is 8.61. The number of halogens is 3. The van der Waals surface area contributed by atoms with Gasteiger partial charge in [0.25, 0.3) is 5.91 Å². The summed E-state index contributed by atoms with van der Waals surface area (Å²) in [4.78, 5) is 17.7. The minimum Gasteiger partial charge on any atom is -0.374 e. The lowest BCUT2D eigenvalue weighted by Crippen LogP contribution is -2.47. The van der Waals surface area contributed by atoms with E-state index in [-0.39, 0.29) is 18.2 Å². The topological polar surface area (TPSA) is 54.5 Å². The van der Waals surface area contributed by atoms with Crippen molar-refractivity contribution in [3.8, 4) is 0 Å². The first-order chi connectivity index (χ1) is 12.9. The van der Waals surface area contributed by atoms with Crippen LogP contribution in [0.25, 0.3) is 0 Å². The highest BCUT2D eigenvalue weighted by molar-refractivity contribution is 5.93. The summed E-state index contributed by atoms with van der Waals surface area (Å²) >= 11 is 0. The van der Waals surface area contributed by atoms with Crippen molar-refractivity contribution in [1.29, 1.82) is 0 Å². The highest BCUT2D eigenvalue weighted by atomic mass is 19.4. The molecular weight excluding hydrogens is 359 g/mol. The molecule has 1 aliphatic heterocycles. The van der Waals surface area contributed by atoms with Gasteiger partial charge in [-0.25, -0.2) is 0 Å². The summed E-state index contributed by atoms with van der Waals surface area (Å²) in [5.41, 5.74) is 0.268. The lowest BCUT2D eigenvalue weighted by molar-refractivity contribution is -0.141. The minimum atomic E-state index is -4.52. The fourth-order valence-corrected chi connectivity index (χ4v) is 2.89. The molecule has 144 valence electrons. The number of nitrogens with one attached hydrogen (secondary N) is 1. The van der Waals surface area contributed by atoms with Crippen LogP contribution in [-0.2, 0) is 17.5 Å². The molecule has 1 aliphatic rings. The molecule has 1 saturated heterocycles. The number of ether oxygens (including phenoxy) is 1. The average Bonchev–Trinajstić information content (AvgIpc) is 2.67. The Bertz CT molecular complexity index is 751. The maximum Gasteiger partial charge on any atom is 0.433 e. The van der Waals surface area contributed by atoms with Gasteiger partial charge < -0.3 is 10.1 Å². The molecule has 0 aliphatic carbocycles. The molecule has 1 N–H and O–H groups in total. The van der Waals surface area contributed by atoms with Crippen LogP contribution in [0.3, 0.4) is 0 Å². The van der Waals surface area contributed by atoms with E-state index >= 15 is 0 Å². The molecule has 2 aromatic rings. The van der Waals surface area contributed by atoms with Crippen LogP contribution < -0.4 is 5.32 Å². The van der Waals surface area contributed by atoms with Crippen molar-refractivity contribution >= 4 is 5.91 Å². The van der Waals surface area contributed by atoms with Crippen LogP contribution in [-0.4, -0.2) is 48.1 Å². The molecule has 1 atom stereocenters. The zero-order valence-electron chi connectivity index (χ0n) is 14.6. The van der Waals surface area contributed by atoms with E-state index in [9.17, 15) is 18.0 Å². The standard InChI is InChI=1S/C19H20F3N3O2/c20-19(21,22)17-7-6-15(10-23-17)18(26)24-11-16-13-25(8-9-27-16)12-14-4-2-1-3-5-14/h1-7,10,16H,8-9,11-13H2,(H,24,26). The Morgan fingerprint density at radius 3 is 2.67 bits per heavy atom. The molecule has 27 heavy (non-hydrogen) atoms. The molecule has 0 radical (unpaired) electrons. The Balaban J connectivity index is 1.49. The zero-order chi connectivity index (χ0) is 19.3. The molecule has 8 heteroatoms. The molecule has 1 aromatic heterocycles. The third kappa shape index (κ3) is 5.51. The SMILES string of the molecule is O=C(NCC1CN(Cc2ccccc2)CCO1)c1ccc(C(F)(F)F)nc1. The summed E-state index contributed by atoms with van der Waals surface area (Å²) in [6, 6.07) is 12.0. The van der Waals surface area contributed by atoms with Gasteiger partial charge in [-0.15, -0.1) is 0 Å². The largest absolute Gasteiger partial charge is 0.433 e. The Kier molecular flexibility index (Phi) is 6.08. The van der Waals surface area contributed by atoms with Crippen molar-refractivity contribution in [1.82, 2.24) is 15.2 Å². The van der Waals surface area contributed by atoms with Gasteiger partial charge in [0.2, 0.25) is 0 Å². The lowest BCUT2D eigenvalue weighted by atomic mass is 10.2. The van der Waals surface area contributed by atoms with E-state index in [0.717, 1.165) is 31.4 Å². The number of aromatic nitrogens is 1. The number of hydrogen-bond acceptors (Lipinski definition) is 4. The average molecular weight is 379 g/mol. The van der Waals surface area contributed by atoms with E-state index < -0.39 is 17.8 Å². The van der Waals surface area contributed by atoms with Crippen molar-refractivity contribution < 1.29 is 22.7 Å². The van der Waals surface area contributed by atoms with Gasteiger partial charge in [-0.3, -0.25) is 14.7 Å². The Morgan fingerprint density at radius 1 is 1.22 bits per heavy atom. The van der Waals surface area contributed by atoms with Crippen molar-refractivity contribution in [2.24, 2.45) is 0 Å². The van der Waals surface area contributed by atoms with Crippen molar-refractivity contribution in [3.63, 3.8) is 0 Å². The summed E-state index contributed by atoms with van der Waals surface area (Å²) < 4.78 is 43.2. The highest BCUT2D eigenvalue weighted by Gasteiger charge is 2.32. The second kappa shape index (κ2) is 8.49. The maximum atomic E-state index is 12.5. The van der Waals surface area contributed by atoms with Crippen LogP contribution in [0.5, 0.6) is 0 Å². The summed E-state index contributed by atoms with van der Waals surface area (Å²) in [5.74, 6) is -0.472. The number of amides is 1. The van der Waals surface area contributed by atoms with E-state index in [1.807, 2.05) is 18.2 Å². The van der Waals surface area contributed by atoms with Gasteiger partial charge in [-0.05, 0) is 17.7 Å². The normalized spacial score (nSPS) is 18.3. The molecule has 1 unspecified atom stereocenters. The van der Waals surface area contributed by atoms with Crippen LogP contribution in [0, 0.1) is 0 Å². The third-order valence-corrected chi connectivity index (χ3v) is 4.28. The molecule has 0 saturated carbocycles. The number of hydrogen-bond donors (Lipinski definition) is 1. The van der Waals surface area contributed by atoms with Crippen LogP contribution in [0.4, 0.5) is 13.2 Å². The van der Waals surface area contributed by atoms with E-state index in [0.29, 0.717) is 13.2 Å². The molecule has 1 amide bonds. The molecule has 1 fully saturated rings. The summed E-state index contributed by atoms with van der Waals surface area (Å²) in [6.07, 6.45) is -3.76. The van der Waals surface area contributed by atoms with Gasteiger partial charge in [0.05, 0.1) is 18.3 Å². The van der Waals surface area contributed by atoms with Crippen LogP contribution in [0.1, 0.15) is 21.6 Å². The summed E-state index contributed by atoms with van der Waals surface area (Å²) in [6.45, 7) is 3.13. The maximum absolute atomic E-state index is 12.5. The highest BCUT2D eigenvalue weighted by Crippen LogP contribution is 2.27. The number of carbonyl (C=O) groups excluding carboxylic acids is 1. The Labute approximate surface area is 155 Å². The smallest absolute Gasteiger partial charge is 0.374 e. The molecular formula is C19H20F3N3O2. The first-order valence-corrected chi connectivity index (χ1v) is 8.61. The number of pyridine rings is 1. The van der Waals surface area contributed by atoms with Gasteiger partial charge in [0.15, 0.2) is 0 Å². The molecule has 0 spiro atoms. The molecule has 1 aromatic carbocycles. The van der Waals surface area contributed by atoms with Crippen LogP contribution >= 0.6 is 0 Å². The van der Waals surface area contributed by atoms with Crippen molar-refractivity contribution in [3.05, 3.63) is 65.5 Å². The number of carbonyl (C=O) groups is 1. The monoisotopic (exact) mass is 379 g/mol. The minimum absolute atomic E-state index is 0.0833. The fourth-order valence-electron chi connectivity index (χ4n) is 2.89. The molecule has 2 heterocycles. The van der Waals surface area contributed by atoms with Crippen LogP contribution in [0.2, 0.25) is 0 Å². The number of alkyl halides is 3. The van der Waals surface area contributed by atoms with E-state index in [4.69, 9.17) is 4.74 Å². The first kappa shape index (κ1) is 19.3. The lowest BCUT2D eigenvalue weighted by Gasteiger charge is -2.33.